The number of ether oxygens (including phenoxy) is 1. The Hall–Kier alpha value is -2.29. The molecule has 0 amide bonds. The third-order valence-electron chi connectivity index (χ3n) is 3.27. The first-order valence-corrected chi connectivity index (χ1v) is 6.05. The first-order valence-electron chi connectivity index (χ1n) is 6.05. The van der Waals surface area contributed by atoms with Gasteiger partial charge in [0.05, 0.1) is 5.75 Å². The van der Waals surface area contributed by atoms with Crippen molar-refractivity contribution in [3.8, 4) is 5.75 Å². The Kier molecular flexibility index (Phi) is 3.56. The molecule has 0 atom stereocenters. The molecule has 2 aromatic rings. The lowest BCUT2D eigenvalue weighted by atomic mass is 9.78. The van der Waals surface area contributed by atoms with Gasteiger partial charge in [0.1, 0.15) is 0 Å². The van der Waals surface area contributed by atoms with Crippen LogP contribution in [0.25, 0.3) is 0 Å². The minimum Gasteiger partial charge on any atom is -0.514 e. The molecule has 0 N–H and O–H groups in total. The van der Waals surface area contributed by atoms with E-state index in [1.54, 1.807) is 12.1 Å². The third kappa shape index (κ3) is 2.94. The Morgan fingerprint density at radius 2 is 1.47 bits per heavy atom. The largest absolute Gasteiger partial charge is 0.514 e. The summed E-state index contributed by atoms with van der Waals surface area (Å²) in [5.74, 6) is 0.271. The Balaban J connectivity index is 2.29. The smallest absolute Gasteiger partial charge is 0.257 e. The van der Waals surface area contributed by atoms with E-state index in [0.29, 0.717) is 0 Å². The van der Waals surface area contributed by atoms with Crippen LogP contribution in [0.1, 0.15) is 25.0 Å². The van der Waals surface area contributed by atoms with E-state index < -0.39 is 6.16 Å². The Bertz CT molecular complexity index is 556. The van der Waals surface area contributed by atoms with Gasteiger partial charge < -0.3 is 14.6 Å². The number of benzene rings is 2. The van der Waals surface area contributed by atoms with Crippen LogP contribution >= 0.6 is 0 Å². The molecule has 3 nitrogen and oxygen atoms in total. The Labute approximate surface area is 112 Å². The van der Waals surface area contributed by atoms with E-state index in [4.69, 9.17) is 0 Å². The van der Waals surface area contributed by atoms with Gasteiger partial charge in [-0.15, -0.1) is 0 Å². The van der Waals surface area contributed by atoms with Gasteiger partial charge in [-0.2, -0.15) is 0 Å². The van der Waals surface area contributed by atoms with Crippen molar-refractivity contribution in [3.63, 3.8) is 0 Å². The summed E-state index contributed by atoms with van der Waals surface area (Å²) in [5.41, 5.74) is 2.13. The van der Waals surface area contributed by atoms with Gasteiger partial charge in [-0.05, 0) is 23.3 Å². The number of carboxylic acid groups (broad SMARTS) is 1. The van der Waals surface area contributed by atoms with Gasteiger partial charge >= 0.3 is 0 Å². The highest BCUT2D eigenvalue weighted by Crippen LogP contribution is 2.32. The second kappa shape index (κ2) is 5.14. The van der Waals surface area contributed by atoms with Crippen LogP contribution in [0, 0.1) is 0 Å². The number of carbonyl (C=O) groups excluding carboxylic acids is 1. The summed E-state index contributed by atoms with van der Waals surface area (Å²) in [5, 5.41) is 10.3. The van der Waals surface area contributed by atoms with Gasteiger partial charge in [0.15, 0.2) is 0 Å². The lowest BCUT2D eigenvalue weighted by molar-refractivity contribution is -0.271. The predicted octanol–water partition coefficient (Wildman–Crippen LogP) is 2.73. The fourth-order valence-corrected chi connectivity index (χ4v) is 2.06. The molecule has 2 rings (SSSR count). The number of hydrogen-bond donors (Lipinski definition) is 0. The van der Waals surface area contributed by atoms with Crippen molar-refractivity contribution in [2.24, 2.45) is 0 Å². The van der Waals surface area contributed by atoms with Crippen LogP contribution in [0.2, 0.25) is 0 Å². The zero-order valence-corrected chi connectivity index (χ0v) is 10.9. The molecule has 0 aromatic heterocycles. The van der Waals surface area contributed by atoms with E-state index in [-0.39, 0.29) is 11.2 Å². The van der Waals surface area contributed by atoms with Crippen LogP contribution in [0.3, 0.4) is 0 Å². The van der Waals surface area contributed by atoms with Crippen LogP contribution in [0.4, 0.5) is 4.79 Å². The average Bonchev–Trinajstić information content (AvgIpc) is 2.40. The maximum absolute atomic E-state index is 10.3. The maximum Gasteiger partial charge on any atom is 0.257 e. The fraction of sp³-hybridized carbons (Fsp3) is 0.188. The molecule has 0 aliphatic rings. The number of rotatable bonds is 3. The minimum atomic E-state index is -1.55. The Morgan fingerprint density at radius 1 is 0.947 bits per heavy atom. The molecule has 98 valence electrons. The van der Waals surface area contributed by atoms with Gasteiger partial charge in [0, 0.05) is 5.41 Å². The van der Waals surface area contributed by atoms with Gasteiger partial charge in [0.2, 0.25) is 0 Å². The lowest BCUT2D eigenvalue weighted by Crippen LogP contribution is -2.26. The molecule has 0 radical (unpaired) electrons. The molecule has 0 aliphatic heterocycles. The summed E-state index contributed by atoms with van der Waals surface area (Å²) < 4.78 is 4.49. The molecule has 0 fully saturated rings. The van der Waals surface area contributed by atoms with Gasteiger partial charge in [-0.3, -0.25) is 0 Å². The SMILES string of the molecule is CC(C)(c1ccccc1)c1ccc(OC(=O)[O-])cc1. The lowest BCUT2D eigenvalue weighted by Gasteiger charge is -2.26. The molecule has 0 aliphatic carbocycles. The zero-order valence-electron chi connectivity index (χ0n) is 10.9. The fourth-order valence-electron chi connectivity index (χ4n) is 2.06. The van der Waals surface area contributed by atoms with Crippen molar-refractivity contribution in [2.45, 2.75) is 19.3 Å². The molecule has 0 unspecified atom stereocenters. The molecular formula is C16H15O3-. The number of carbonyl (C=O) groups is 1. The van der Waals surface area contributed by atoms with E-state index in [1.807, 2.05) is 30.3 Å². The van der Waals surface area contributed by atoms with Gasteiger partial charge in [-0.1, -0.05) is 56.3 Å². The number of hydrogen-bond acceptors (Lipinski definition) is 3. The maximum atomic E-state index is 10.3. The molecule has 0 saturated carbocycles. The van der Waals surface area contributed by atoms with Crippen molar-refractivity contribution in [1.82, 2.24) is 0 Å². The molecular weight excluding hydrogens is 240 g/mol. The highest BCUT2D eigenvalue weighted by Gasteiger charge is 2.22. The van der Waals surface area contributed by atoms with Gasteiger partial charge in [-0.25, -0.2) is 0 Å². The average molecular weight is 255 g/mol. The second-order valence-corrected chi connectivity index (χ2v) is 4.87. The molecule has 0 spiro atoms. The standard InChI is InChI=1S/C16H16O3/c1-16(2,12-6-4-3-5-7-12)13-8-10-14(11-9-13)19-15(17)18/h3-11H,1-2H3,(H,17,18)/p-1. The first kappa shape index (κ1) is 13.1. The minimum absolute atomic E-state index is 0.152. The molecule has 3 heteroatoms. The molecule has 0 bridgehead atoms. The highest BCUT2D eigenvalue weighted by atomic mass is 16.7. The summed E-state index contributed by atoms with van der Waals surface area (Å²) in [7, 11) is 0. The normalized spacial score (nSPS) is 11.1. The summed E-state index contributed by atoms with van der Waals surface area (Å²) in [6.07, 6.45) is -1.55. The Morgan fingerprint density at radius 3 is 2.00 bits per heavy atom. The summed E-state index contributed by atoms with van der Waals surface area (Å²) >= 11 is 0. The third-order valence-corrected chi connectivity index (χ3v) is 3.27. The monoisotopic (exact) mass is 255 g/mol. The summed E-state index contributed by atoms with van der Waals surface area (Å²) in [6.45, 7) is 4.24. The summed E-state index contributed by atoms with van der Waals surface area (Å²) in [6, 6.07) is 17.1. The van der Waals surface area contributed by atoms with Crippen molar-refractivity contribution in [1.29, 1.82) is 0 Å². The predicted molar refractivity (Wildman–Crippen MR) is 71.0 cm³/mol. The second-order valence-electron chi connectivity index (χ2n) is 4.87. The van der Waals surface area contributed by atoms with E-state index in [0.717, 1.165) is 5.56 Å². The topological polar surface area (TPSA) is 49.4 Å². The zero-order chi connectivity index (χ0) is 13.9. The first-order chi connectivity index (χ1) is 9.00. The van der Waals surface area contributed by atoms with Crippen molar-refractivity contribution in [2.75, 3.05) is 0 Å². The van der Waals surface area contributed by atoms with Crippen molar-refractivity contribution in [3.05, 3.63) is 65.7 Å². The van der Waals surface area contributed by atoms with E-state index in [1.165, 1.54) is 5.56 Å². The van der Waals surface area contributed by atoms with Crippen LogP contribution in [-0.4, -0.2) is 6.16 Å². The van der Waals surface area contributed by atoms with E-state index >= 15 is 0 Å². The van der Waals surface area contributed by atoms with Crippen LogP contribution in [-0.2, 0) is 5.41 Å². The van der Waals surface area contributed by atoms with E-state index in [9.17, 15) is 9.90 Å². The van der Waals surface area contributed by atoms with Crippen molar-refractivity contribution < 1.29 is 14.6 Å². The highest BCUT2D eigenvalue weighted by molar-refractivity contribution is 5.58. The van der Waals surface area contributed by atoms with Crippen LogP contribution in [0.15, 0.2) is 54.6 Å². The van der Waals surface area contributed by atoms with Crippen molar-refractivity contribution >= 4 is 6.16 Å². The van der Waals surface area contributed by atoms with Crippen LogP contribution < -0.4 is 9.84 Å². The molecule has 0 saturated heterocycles. The van der Waals surface area contributed by atoms with Gasteiger partial charge in [0.25, 0.3) is 6.16 Å². The quantitative estimate of drug-likeness (QED) is 0.626. The van der Waals surface area contributed by atoms with Crippen LogP contribution in [0.5, 0.6) is 5.75 Å². The molecule has 2 aromatic carbocycles. The van der Waals surface area contributed by atoms with E-state index in [2.05, 4.69) is 30.7 Å². The summed E-state index contributed by atoms with van der Waals surface area (Å²) in [4.78, 5) is 10.3. The molecule has 19 heavy (non-hydrogen) atoms. The molecule has 0 heterocycles.